The number of ether oxygens (including phenoxy) is 2. The average molecular weight is 536 g/mol. The molecule has 0 aliphatic rings. The Labute approximate surface area is 221 Å². The Balaban J connectivity index is 1.56. The van der Waals surface area contributed by atoms with Crippen LogP contribution in [0.1, 0.15) is 22.8 Å². The van der Waals surface area contributed by atoms with E-state index >= 15 is 0 Å². The van der Waals surface area contributed by atoms with Gasteiger partial charge in [-0.2, -0.15) is 0 Å². The summed E-state index contributed by atoms with van der Waals surface area (Å²) in [4.78, 5) is 29.0. The van der Waals surface area contributed by atoms with Gasteiger partial charge < -0.3 is 19.8 Å². The van der Waals surface area contributed by atoms with Crippen LogP contribution in [0.2, 0.25) is 0 Å². The monoisotopic (exact) mass is 535 g/mol. The van der Waals surface area contributed by atoms with E-state index in [1.54, 1.807) is 57.5 Å². The van der Waals surface area contributed by atoms with E-state index in [1.165, 1.54) is 28.7 Å². The Bertz CT molecular complexity index is 1620. The second-order valence-corrected chi connectivity index (χ2v) is 10.3. The van der Waals surface area contributed by atoms with Crippen molar-refractivity contribution in [3.05, 3.63) is 94.3 Å². The van der Waals surface area contributed by atoms with Crippen LogP contribution in [0.4, 0.5) is 5.69 Å². The second-order valence-electron chi connectivity index (χ2n) is 8.44. The molecule has 38 heavy (non-hydrogen) atoms. The lowest BCUT2D eigenvalue weighted by Gasteiger charge is -2.23. The molecular weight excluding hydrogens is 506 g/mol. The third kappa shape index (κ3) is 5.35. The Kier molecular flexibility index (Phi) is 8.02. The summed E-state index contributed by atoms with van der Waals surface area (Å²) in [7, 11) is -0.835. The van der Waals surface area contributed by atoms with Crippen LogP contribution in [0.25, 0.3) is 10.9 Å². The molecule has 4 rings (SSSR count). The summed E-state index contributed by atoms with van der Waals surface area (Å²) < 4.78 is 38.7. The fraction of sp³-hybridized carbons (Fsp3) is 0.214. The quantitative estimate of drug-likeness (QED) is 0.320. The molecule has 9 nitrogen and oxygen atoms in total. The third-order valence-corrected chi connectivity index (χ3v) is 8.06. The molecule has 1 aromatic heterocycles. The molecule has 0 atom stereocenters. The Hall–Kier alpha value is -4.31. The number of benzene rings is 3. The summed E-state index contributed by atoms with van der Waals surface area (Å²) in [5, 5.41) is 2.87. The highest BCUT2D eigenvalue weighted by atomic mass is 32.2. The van der Waals surface area contributed by atoms with Gasteiger partial charge in [-0.1, -0.05) is 24.3 Å². The molecule has 0 unspecified atom stereocenters. The molecule has 3 aromatic carbocycles. The number of fused-ring (bicyclic) bond motifs is 1. The number of aromatic nitrogens is 1. The number of aromatic amines is 1. The topological polar surface area (TPSA) is 118 Å². The maximum Gasteiger partial charge on any atom is 0.264 e. The smallest absolute Gasteiger partial charge is 0.264 e. The van der Waals surface area contributed by atoms with Gasteiger partial charge in [-0.05, 0) is 61.4 Å². The van der Waals surface area contributed by atoms with Crippen molar-refractivity contribution in [1.29, 1.82) is 0 Å². The summed E-state index contributed by atoms with van der Waals surface area (Å²) in [6.07, 6.45) is 1.85. The predicted molar refractivity (Wildman–Crippen MR) is 147 cm³/mol. The Morgan fingerprint density at radius 3 is 2.39 bits per heavy atom. The van der Waals surface area contributed by atoms with Crippen molar-refractivity contribution in [3.8, 4) is 11.5 Å². The molecule has 0 saturated carbocycles. The van der Waals surface area contributed by atoms with Crippen LogP contribution in [-0.2, 0) is 16.4 Å². The first-order chi connectivity index (χ1) is 18.3. The minimum Gasteiger partial charge on any atom is -0.493 e. The molecule has 0 spiro atoms. The van der Waals surface area contributed by atoms with Gasteiger partial charge in [0.15, 0.2) is 11.5 Å². The van der Waals surface area contributed by atoms with Gasteiger partial charge in [0.2, 0.25) is 5.43 Å². The number of hydrogen-bond acceptors (Lipinski definition) is 6. The van der Waals surface area contributed by atoms with Crippen molar-refractivity contribution in [2.75, 3.05) is 31.6 Å². The third-order valence-electron chi connectivity index (χ3n) is 6.16. The number of carbonyl (C=O) groups excluding carboxylic acids is 1. The number of methoxy groups -OCH3 is 2. The fourth-order valence-corrected chi connectivity index (χ4v) is 5.69. The first-order valence-corrected chi connectivity index (χ1v) is 13.5. The molecule has 0 aliphatic carbocycles. The first kappa shape index (κ1) is 26.7. The maximum absolute atomic E-state index is 13.4. The minimum absolute atomic E-state index is 0.0350. The van der Waals surface area contributed by atoms with E-state index in [2.05, 4.69) is 10.3 Å². The summed E-state index contributed by atoms with van der Waals surface area (Å²) in [5.74, 6) is 0.638. The number of anilines is 1. The number of nitrogens with one attached hydrogen (secondary N) is 2. The van der Waals surface area contributed by atoms with E-state index in [-0.39, 0.29) is 28.9 Å². The van der Waals surface area contributed by atoms with Gasteiger partial charge in [-0.3, -0.25) is 13.9 Å². The number of sulfonamides is 1. The minimum atomic E-state index is -3.94. The molecule has 1 heterocycles. The van der Waals surface area contributed by atoms with E-state index in [4.69, 9.17) is 9.47 Å². The van der Waals surface area contributed by atoms with Gasteiger partial charge in [0.25, 0.3) is 15.9 Å². The number of pyridine rings is 1. The molecule has 4 aromatic rings. The van der Waals surface area contributed by atoms with Crippen LogP contribution in [-0.4, -0.2) is 46.6 Å². The molecule has 10 heteroatoms. The first-order valence-electron chi connectivity index (χ1n) is 12.0. The summed E-state index contributed by atoms with van der Waals surface area (Å²) >= 11 is 0. The van der Waals surface area contributed by atoms with Crippen molar-refractivity contribution in [3.63, 3.8) is 0 Å². The number of rotatable bonds is 10. The number of nitrogens with zero attached hydrogens (tertiary/aromatic N) is 1. The normalized spacial score (nSPS) is 11.2. The molecular formula is C28H29N3O6S. The zero-order valence-corrected chi connectivity index (χ0v) is 22.2. The van der Waals surface area contributed by atoms with Gasteiger partial charge in [0, 0.05) is 30.2 Å². The summed E-state index contributed by atoms with van der Waals surface area (Å²) in [6, 6.07) is 18.5. The second kappa shape index (κ2) is 11.4. The molecule has 1 amide bonds. The van der Waals surface area contributed by atoms with E-state index in [0.29, 0.717) is 29.1 Å². The highest BCUT2D eigenvalue weighted by molar-refractivity contribution is 7.92. The number of carbonyl (C=O) groups is 1. The lowest BCUT2D eigenvalue weighted by Crippen LogP contribution is -2.31. The molecule has 0 bridgehead atoms. The molecule has 0 fully saturated rings. The number of H-pyrrole nitrogens is 1. The van der Waals surface area contributed by atoms with Crippen LogP contribution in [0.3, 0.4) is 0 Å². The summed E-state index contributed by atoms with van der Waals surface area (Å²) in [5.41, 5.74) is 1.21. The lowest BCUT2D eigenvalue weighted by molar-refractivity contribution is 0.0953. The van der Waals surface area contributed by atoms with Crippen molar-refractivity contribution in [2.45, 2.75) is 18.2 Å². The molecule has 0 radical (unpaired) electrons. The van der Waals surface area contributed by atoms with Crippen molar-refractivity contribution < 1.29 is 22.7 Å². The van der Waals surface area contributed by atoms with Gasteiger partial charge >= 0.3 is 0 Å². The highest BCUT2D eigenvalue weighted by Gasteiger charge is 2.24. The molecule has 0 aliphatic heterocycles. The van der Waals surface area contributed by atoms with Crippen molar-refractivity contribution >= 4 is 32.5 Å². The maximum atomic E-state index is 13.4. The van der Waals surface area contributed by atoms with E-state index in [1.807, 2.05) is 12.1 Å². The van der Waals surface area contributed by atoms with Crippen LogP contribution >= 0.6 is 0 Å². The summed E-state index contributed by atoms with van der Waals surface area (Å²) in [6.45, 7) is 2.23. The largest absolute Gasteiger partial charge is 0.493 e. The van der Waals surface area contributed by atoms with Gasteiger partial charge in [0.1, 0.15) is 5.56 Å². The average Bonchev–Trinajstić information content (AvgIpc) is 2.93. The highest BCUT2D eigenvalue weighted by Crippen LogP contribution is 2.28. The molecule has 198 valence electrons. The van der Waals surface area contributed by atoms with Gasteiger partial charge in [-0.25, -0.2) is 8.42 Å². The zero-order valence-electron chi connectivity index (χ0n) is 21.4. The van der Waals surface area contributed by atoms with E-state index in [9.17, 15) is 18.0 Å². The van der Waals surface area contributed by atoms with Crippen LogP contribution in [0, 0.1) is 0 Å². The SMILES string of the molecule is CCN(c1ccccc1)S(=O)(=O)c1ccc2[nH]cc(C(=O)NCCc3ccc(OC)c(OC)c3)c(=O)c2c1. The number of hydrogen-bond donors (Lipinski definition) is 2. The van der Waals surface area contributed by atoms with Crippen molar-refractivity contribution in [2.24, 2.45) is 0 Å². The Morgan fingerprint density at radius 2 is 1.71 bits per heavy atom. The predicted octanol–water partition coefficient (Wildman–Crippen LogP) is 3.73. The lowest BCUT2D eigenvalue weighted by atomic mass is 10.1. The molecule has 2 N–H and O–H groups in total. The number of amides is 1. The number of para-hydroxylation sites is 1. The van der Waals surface area contributed by atoms with Crippen molar-refractivity contribution in [1.82, 2.24) is 10.3 Å². The van der Waals surface area contributed by atoms with Gasteiger partial charge in [0.05, 0.1) is 24.8 Å². The standard InChI is InChI=1S/C28H29N3O6S/c1-4-31(20-8-6-5-7-9-20)38(34,35)21-11-12-24-22(17-21)27(32)23(18-30-24)28(33)29-15-14-19-10-13-25(36-2)26(16-19)37-3/h5-13,16-18H,4,14-15H2,1-3H3,(H,29,33)(H,30,32). The Morgan fingerprint density at radius 1 is 0.974 bits per heavy atom. The van der Waals surface area contributed by atoms with Crippen LogP contribution in [0.15, 0.2) is 82.6 Å². The fourth-order valence-electron chi connectivity index (χ4n) is 4.19. The van der Waals surface area contributed by atoms with Crippen LogP contribution in [0.5, 0.6) is 11.5 Å². The van der Waals surface area contributed by atoms with Gasteiger partial charge in [-0.15, -0.1) is 0 Å². The zero-order chi connectivity index (χ0) is 27.3. The molecule has 0 saturated heterocycles. The van der Waals surface area contributed by atoms with Crippen LogP contribution < -0.4 is 24.5 Å². The van der Waals surface area contributed by atoms with E-state index in [0.717, 1.165) is 5.56 Å². The van der Waals surface area contributed by atoms with E-state index < -0.39 is 21.4 Å².